The van der Waals surface area contributed by atoms with Crippen LogP contribution in [-0.4, -0.2) is 18.7 Å². The van der Waals surface area contributed by atoms with Crippen LogP contribution in [0.15, 0.2) is 71.8 Å². The maximum absolute atomic E-state index is 12.7. The first-order chi connectivity index (χ1) is 15.7. The molecule has 1 amide bonds. The normalized spacial score (nSPS) is 11.4. The van der Waals surface area contributed by atoms with Crippen LogP contribution in [0.2, 0.25) is 10.0 Å². The number of amides is 1. The fraction of sp³-hybridized carbons (Fsp3) is 0.130. The van der Waals surface area contributed by atoms with Crippen molar-refractivity contribution in [2.24, 2.45) is 5.10 Å². The van der Waals surface area contributed by atoms with E-state index < -0.39 is 17.6 Å². The summed E-state index contributed by atoms with van der Waals surface area (Å²) in [5.41, 5.74) is 3.20. The molecular formula is C23H18Cl2F3N3O2. The molecule has 0 unspecified atom stereocenters. The molecule has 0 fully saturated rings. The molecule has 3 aromatic carbocycles. The Hall–Kier alpha value is -3.23. The summed E-state index contributed by atoms with van der Waals surface area (Å²) in [6.45, 7) is 0.0387. The predicted molar refractivity (Wildman–Crippen MR) is 123 cm³/mol. The number of carbonyl (C=O) groups is 1. The lowest BCUT2D eigenvalue weighted by atomic mass is 10.2. The molecule has 33 heavy (non-hydrogen) atoms. The Balaban J connectivity index is 1.45. The Morgan fingerprint density at radius 3 is 2.48 bits per heavy atom. The van der Waals surface area contributed by atoms with E-state index in [1.165, 1.54) is 18.3 Å². The molecule has 10 heteroatoms. The molecule has 0 aliphatic heterocycles. The minimum atomic E-state index is -4.45. The van der Waals surface area contributed by atoms with Gasteiger partial charge in [0.2, 0.25) is 0 Å². The van der Waals surface area contributed by atoms with Crippen molar-refractivity contribution in [3.63, 3.8) is 0 Å². The SMILES string of the molecule is O=C(CNc1cccc(C(F)(F)F)c1)N/N=C\c1ccc(OCc2ccc(Cl)cc2Cl)cc1. The maximum atomic E-state index is 12.7. The number of rotatable bonds is 8. The molecule has 0 aliphatic carbocycles. The third-order valence-corrected chi connectivity index (χ3v) is 4.92. The number of halogens is 5. The summed E-state index contributed by atoms with van der Waals surface area (Å²) in [6.07, 6.45) is -3.02. The van der Waals surface area contributed by atoms with E-state index in [4.69, 9.17) is 27.9 Å². The summed E-state index contributed by atoms with van der Waals surface area (Å²) in [7, 11) is 0. The molecule has 0 radical (unpaired) electrons. The first-order valence-electron chi connectivity index (χ1n) is 9.60. The van der Waals surface area contributed by atoms with Crippen LogP contribution in [0.25, 0.3) is 0 Å². The molecule has 0 saturated heterocycles. The summed E-state index contributed by atoms with van der Waals surface area (Å²) in [6, 6.07) is 16.7. The van der Waals surface area contributed by atoms with Gasteiger partial charge in [-0.15, -0.1) is 0 Å². The van der Waals surface area contributed by atoms with Crippen molar-refractivity contribution in [2.45, 2.75) is 12.8 Å². The Labute approximate surface area is 198 Å². The van der Waals surface area contributed by atoms with Gasteiger partial charge in [-0.3, -0.25) is 4.79 Å². The second-order valence-electron chi connectivity index (χ2n) is 6.82. The van der Waals surface area contributed by atoms with Crippen LogP contribution in [0.4, 0.5) is 18.9 Å². The number of anilines is 1. The monoisotopic (exact) mass is 495 g/mol. The summed E-state index contributed by atoms with van der Waals surface area (Å²) >= 11 is 12.0. The first-order valence-corrected chi connectivity index (χ1v) is 10.4. The highest BCUT2D eigenvalue weighted by molar-refractivity contribution is 6.35. The van der Waals surface area contributed by atoms with Gasteiger partial charge >= 0.3 is 6.18 Å². The van der Waals surface area contributed by atoms with Crippen molar-refractivity contribution in [3.05, 3.63) is 93.5 Å². The first kappa shape index (κ1) is 24.4. The number of alkyl halides is 3. The van der Waals surface area contributed by atoms with E-state index in [0.717, 1.165) is 17.7 Å². The molecular weight excluding hydrogens is 478 g/mol. The van der Waals surface area contributed by atoms with E-state index in [0.29, 0.717) is 21.4 Å². The van der Waals surface area contributed by atoms with Crippen LogP contribution in [-0.2, 0) is 17.6 Å². The van der Waals surface area contributed by atoms with Crippen molar-refractivity contribution >= 4 is 41.0 Å². The third-order valence-electron chi connectivity index (χ3n) is 4.34. The van der Waals surface area contributed by atoms with Crippen LogP contribution in [0, 0.1) is 0 Å². The van der Waals surface area contributed by atoms with E-state index >= 15 is 0 Å². The number of benzene rings is 3. The van der Waals surface area contributed by atoms with Gasteiger partial charge in [-0.1, -0.05) is 35.3 Å². The highest BCUT2D eigenvalue weighted by Gasteiger charge is 2.30. The molecule has 0 aliphatic rings. The van der Waals surface area contributed by atoms with Gasteiger partial charge in [0.1, 0.15) is 12.4 Å². The van der Waals surface area contributed by atoms with Crippen LogP contribution < -0.4 is 15.5 Å². The molecule has 0 saturated carbocycles. The largest absolute Gasteiger partial charge is 0.489 e. The maximum Gasteiger partial charge on any atom is 0.416 e. The second kappa shape index (κ2) is 11.1. The van der Waals surface area contributed by atoms with Crippen LogP contribution >= 0.6 is 23.2 Å². The molecule has 0 atom stereocenters. The van der Waals surface area contributed by atoms with E-state index in [2.05, 4.69) is 15.8 Å². The van der Waals surface area contributed by atoms with Crippen molar-refractivity contribution in [3.8, 4) is 5.75 Å². The Kier molecular flexibility index (Phi) is 8.19. The number of ether oxygens (including phenoxy) is 1. The van der Waals surface area contributed by atoms with E-state index in [1.54, 1.807) is 42.5 Å². The third kappa shape index (κ3) is 7.69. The fourth-order valence-corrected chi connectivity index (χ4v) is 3.12. The lowest BCUT2D eigenvalue weighted by Crippen LogP contribution is -2.26. The molecule has 0 aromatic heterocycles. The van der Waals surface area contributed by atoms with E-state index in [-0.39, 0.29) is 18.8 Å². The summed E-state index contributed by atoms with van der Waals surface area (Å²) < 4.78 is 43.9. The zero-order valence-corrected chi connectivity index (χ0v) is 18.5. The molecule has 3 aromatic rings. The number of hydrazone groups is 1. The summed E-state index contributed by atoms with van der Waals surface area (Å²) in [5, 5.41) is 7.53. The molecule has 0 bridgehead atoms. The van der Waals surface area contributed by atoms with Gasteiger partial charge in [-0.25, -0.2) is 5.43 Å². The lowest BCUT2D eigenvalue weighted by molar-refractivity contribution is -0.137. The standard InChI is InChI=1S/C23H18Cl2F3N3O2/c24-18-7-6-16(21(25)11-18)14-33-20-8-4-15(5-9-20)12-30-31-22(32)13-29-19-3-1-2-17(10-19)23(26,27)28/h1-12,29H,13-14H2,(H,31,32)/b30-12-. The molecule has 2 N–H and O–H groups in total. The molecule has 172 valence electrons. The summed E-state index contributed by atoms with van der Waals surface area (Å²) in [5.74, 6) is 0.107. The highest BCUT2D eigenvalue weighted by atomic mass is 35.5. The van der Waals surface area contributed by atoms with Crippen LogP contribution in [0.1, 0.15) is 16.7 Å². The zero-order valence-electron chi connectivity index (χ0n) is 17.0. The molecule has 0 heterocycles. The Morgan fingerprint density at radius 2 is 1.79 bits per heavy atom. The van der Waals surface area contributed by atoms with Gasteiger partial charge in [0.05, 0.1) is 18.3 Å². The topological polar surface area (TPSA) is 62.7 Å². The molecule has 5 nitrogen and oxygen atoms in total. The smallest absolute Gasteiger partial charge is 0.416 e. The average Bonchev–Trinajstić information content (AvgIpc) is 2.78. The molecule has 3 rings (SSSR count). The highest BCUT2D eigenvalue weighted by Crippen LogP contribution is 2.30. The Morgan fingerprint density at radius 1 is 1.03 bits per heavy atom. The number of carbonyl (C=O) groups excluding carboxylic acids is 1. The second-order valence-corrected chi connectivity index (χ2v) is 7.66. The van der Waals surface area contributed by atoms with Crippen molar-refractivity contribution in [2.75, 3.05) is 11.9 Å². The van der Waals surface area contributed by atoms with Gasteiger partial charge in [0.25, 0.3) is 5.91 Å². The van der Waals surface area contributed by atoms with E-state index in [1.807, 2.05) is 0 Å². The Bertz CT molecular complexity index is 1140. The molecule has 0 spiro atoms. The van der Waals surface area contributed by atoms with Gasteiger partial charge in [-0.05, 0) is 60.2 Å². The quantitative estimate of drug-likeness (QED) is 0.290. The van der Waals surface area contributed by atoms with Gasteiger partial charge in [0.15, 0.2) is 0 Å². The van der Waals surface area contributed by atoms with Gasteiger partial charge < -0.3 is 10.1 Å². The number of nitrogens with one attached hydrogen (secondary N) is 2. The van der Waals surface area contributed by atoms with Crippen molar-refractivity contribution in [1.82, 2.24) is 5.43 Å². The van der Waals surface area contributed by atoms with E-state index in [9.17, 15) is 18.0 Å². The summed E-state index contributed by atoms with van der Waals surface area (Å²) in [4.78, 5) is 11.9. The fourth-order valence-electron chi connectivity index (χ4n) is 2.66. The lowest BCUT2D eigenvalue weighted by Gasteiger charge is -2.10. The number of hydrogen-bond donors (Lipinski definition) is 2. The minimum Gasteiger partial charge on any atom is -0.489 e. The predicted octanol–water partition coefficient (Wildman–Crippen LogP) is 6.15. The van der Waals surface area contributed by atoms with Gasteiger partial charge in [-0.2, -0.15) is 18.3 Å². The van der Waals surface area contributed by atoms with Crippen LogP contribution in [0.5, 0.6) is 5.75 Å². The van der Waals surface area contributed by atoms with Gasteiger partial charge in [0, 0.05) is 21.3 Å². The number of nitrogens with zero attached hydrogens (tertiary/aromatic N) is 1. The van der Waals surface area contributed by atoms with Crippen molar-refractivity contribution < 1.29 is 22.7 Å². The zero-order chi connectivity index (χ0) is 23.8. The average molecular weight is 496 g/mol. The number of hydrogen-bond acceptors (Lipinski definition) is 4. The minimum absolute atomic E-state index is 0.180. The van der Waals surface area contributed by atoms with Crippen LogP contribution in [0.3, 0.4) is 0 Å². The van der Waals surface area contributed by atoms with Crippen molar-refractivity contribution in [1.29, 1.82) is 0 Å².